The van der Waals surface area contributed by atoms with Crippen molar-refractivity contribution < 1.29 is 9.90 Å². The van der Waals surface area contributed by atoms with Crippen molar-refractivity contribution in [2.45, 2.75) is 58.7 Å². The fraction of sp³-hybridized carbons (Fsp3) is 0.923. The molecule has 4 heteroatoms. The number of hydrogen-bond acceptors (Lipinski definition) is 3. The van der Waals surface area contributed by atoms with E-state index in [4.69, 9.17) is 5.11 Å². The zero-order valence-corrected chi connectivity index (χ0v) is 11.4. The van der Waals surface area contributed by atoms with Gasteiger partial charge in [0.05, 0.1) is 5.92 Å². The van der Waals surface area contributed by atoms with E-state index in [0.29, 0.717) is 12.1 Å². The number of carboxylic acids is 1. The van der Waals surface area contributed by atoms with Gasteiger partial charge in [0, 0.05) is 31.2 Å². The van der Waals surface area contributed by atoms with Gasteiger partial charge >= 0.3 is 5.97 Å². The van der Waals surface area contributed by atoms with Gasteiger partial charge in [-0.15, -0.1) is 0 Å². The van der Waals surface area contributed by atoms with Crippen molar-refractivity contribution in [2.75, 3.05) is 13.1 Å². The molecule has 0 saturated heterocycles. The SMILES string of the molecule is CC(C)N(CCNC1CCC1C(=O)O)C(C)C. The van der Waals surface area contributed by atoms with Crippen LogP contribution < -0.4 is 5.32 Å². The van der Waals surface area contributed by atoms with Crippen LogP contribution in [0.25, 0.3) is 0 Å². The number of carboxylic acid groups (broad SMARTS) is 1. The first-order valence-electron chi connectivity index (χ1n) is 6.65. The van der Waals surface area contributed by atoms with Gasteiger partial charge in [0.2, 0.25) is 0 Å². The largest absolute Gasteiger partial charge is 0.481 e. The van der Waals surface area contributed by atoms with Crippen molar-refractivity contribution in [3.05, 3.63) is 0 Å². The monoisotopic (exact) mass is 242 g/mol. The summed E-state index contributed by atoms with van der Waals surface area (Å²) >= 11 is 0. The summed E-state index contributed by atoms with van der Waals surface area (Å²) in [5.74, 6) is -0.820. The molecule has 1 saturated carbocycles. The summed E-state index contributed by atoms with van der Waals surface area (Å²) in [5, 5.41) is 12.3. The predicted molar refractivity (Wildman–Crippen MR) is 69.1 cm³/mol. The van der Waals surface area contributed by atoms with Gasteiger partial charge < -0.3 is 10.4 Å². The number of rotatable bonds is 7. The van der Waals surface area contributed by atoms with Gasteiger partial charge in [-0.2, -0.15) is 0 Å². The Morgan fingerprint density at radius 1 is 1.29 bits per heavy atom. The van der Waals surface area contributed by atoms with Crippen LogP contribution in [0.2, 0.25) is 0 Å². The quantitative estimate of drug-likeness (QED) is 0.711. The smallest absolute Gasteiger partial charge is 0.308 e. The Morgan fingerprint density at radius 3 is 2.24 bits per heavy atom. The number of nitrogens with one attached hydrogen (secondary N) is 1. The fourth-order valence-electron chi connectivity index (χ4n) is 2.53. The third-order valence-electron chi connectivity index (χ3n) is 3.69. The fourth-order valence-corrected chi connectivity index (χ4v) is 2.53. The van der Waals surface area contributed by atoms with Crippen LogP contribution in [0.1, 0.15) is 40.5 Å². The van der Waals surface area contributed by atoms with E-state index in [-0.39, 0.29) is 12.0 Å². The van der Waals surface area contributed by atoms with Crippen molar-refractivity contribution >= 4 is 5.97 Å². The molecule has 0 heterocycles. The summed E-state index contributed by atoms with van der Waals surface area (Å²) in [4.78, 5) is 13.3. The van der Waals surface area contributed by atoms with Crippen molar-refractivity contribution in [1.29, 1.82) is 0 Å². The first kappa shape index (κ1) is 14.5. The van der Waals surface area contributed by atoms with Crippen LogP contribution >= 0.6 is 0 Å². The molecule has 0 aromatic carbocycles. The Labute approximate surface area is 104 Å². The number of nitrogens with zero attached hydrogens (tertiary/aromatic N) is 1. The molecule has 2 atom stereocenters. The van der Waals surface area contributed by atoms with Gasteiger partial charge in [-0.3, -0.25) is 9.69 Å². The summed E-state index contributed by atoms with van der Waals surface area (Å²) < 4.78 is 0. The third kappa shape index (κ3) is 3.96. The molecule has 0 aliphatic heterocycles. The summed E-state index contributed by atoms with van der Waals surface area (Å²) in [7, 11) is 0. The average Bonchev–Trinajstić information content (AvgIpc) is 2.13. The minimum Gasteiger partial charge on any atom is -0.481 e. The Bertz CT molecular complexity index is 246. The van der Waals surface area contributed by atoms with Crippen LogP contribution in [0.5, 0.6) is 0 Å². The highest BCUT2D eigenvalue weighted by Crippen LogP contribution is 2.27. The van der Waals surface area contributed by atoms with E-state index in [1.165, 1.54) is 0 Å². The van der Waals surface area contributed by atoms with Crippen molar-refractivity contribution in [2.24, 2.45) is 5.92 Å². The first-order valence-corrected chi connectivity index (χ1v) is 6.65. The highest BCUT2D eigenvalue weighted by molar-refractivity contribution is 5.72. The first-order chi connectivity index (χ1) is 7.93. The van der Waals surface area contributed by atoms with Gasteiger partial charge in [0.25, 0.3) is 0 Å². The van der Waals surface area contributed by atoms with Crippen molar-refractivity contribution in [3.8, 4) is 0 Å². The standard InChI is InChI=1S/C13H26N2O2/c1-9(2)15(10(3)4)8-7-14-12-6-5-11(12)13(16)17/h9-12,14H,5-8H2,1-4H3,(H,16,17). The van der Waals surface area contributed by atoms with Crippen LogP contribution in [-0.2, 0) is 4.79 Å². The Morgan fingerprint density at radius 2 is 1.88 bits per heavy atom. The molecule has 4 nitrogen and oxygen atoms in total. The molecule has 100 valence electrons. The third-order valence-corrected chi connectivity index (χ3v) is 3.69. The van der Waals surface area contributed by atoms with Crippen LogP contribution in [0.4, 0.5) is 0 Å². The van der Waals surface area contributed by atoms with E-state index in [1.54, 1.807) is 0 Å². The molecular weight excluding hydrogens is 216 g/mol. The minimum absolute atomic E-state index is 0.165. The molecule has 0 bridgehead atoms. The molecule has 0 aromatic heterocycles. The minimum atomic E-state index is -0.654. The maximum absolute atomic E-state index is 10.9. The molecule has 0 aromatic rings. The van der Waals surface area contributed by atoms with Crippen LogP contribution in [0.3, 0.4) is 0 Å². The van der Waals surface area contributed by atoms with E-state index < -0.39 is 5.97 Å². The van der Waals surface area contributed by atoms with Crippen molar-refractivity contribution in [3.63, 3.8) is 0 Å². The molecule has 1 aliphatic rings. The van der Waals surface area contributed by atoms with E-state index in [0.717, 1.165) is 25.9 Å². The highest BCUT2D eigenvalue weighted by Gasteiger charge is 2.35. The Hall–Kier alpha value is -0.610. The molecule has 1 fully saturated rings. The Kier molecular flexibility index (Phi) is 5.40. The van der Waals surface area contributed by atoms with E-state index in [2.05, 4.69) is 37.9 Å². The topological polar surface area (TPSA) is 52.6 Å². The second kappa shape index (κ2) is 6.36. The predicted octanol–water partition coefficient (Wildman–Crippen LogP) is 1.56. The summed E-state index contributed by atoms with van der Waals surface area (Å²) in [6.45, 7) is 10.7. The summed E-state index contributed by atoms with van der Waals surface area (Å²) in [5.41, 5.74) is 0. The highest BCUT2D eigenvalue weighted by atomic mass is 16.4. The molecule has 0 radical (unpaired) electrons. The molecule has 1 aliphatic carbocycles. The van der Waals surface area contributed by atoms with E-state index in [9.17, 15) is 4.79 Å². The van der Waals surface area contributed by atoms with Crippen LogP contribution in [0.15, 0.2) is 0 Å². The average molecular weight is 242 g/mol. The summed E-state index contributed by atoms with van der Waals surface area (Å²) in [6, 6.07) is 1.26. The second-order valence-corrected chi connectivity index (χ2v) is 5.51. The maximum atomic E-state index is 10.9. The van der Waals surface area contributed by atoms with E-state index in [1.807, 2.05) is 0 Å². The van der Waals surface area contributed by atoms with Gasteiger partial charge in [-0.1, -0.05) is 0 Å². The van der Waals surface area contributed by atoms with E-state index >= 15 is 0 Å². The number of carbonyl (C=O) groups is 1. The Balaban J connectivity index is 2.25. The summed E-state index contributed by atoms with van der Waals surface area (Å²) in [6.07, 6.45) is 1.82. The molecule has 0 amide bonds. The normalized spacial score (nSPS) is 24.4. The lowest BCUT2D eigenvalue weighted by atomic mass is 9.79. The van der Waals surface area contributed by atoms with Crippen LogP contribution in [0, 0.1) is 5.92 Å². The zero-order chi connectivity index (χ0) is 13.0. The maximum Gasteiger partial charge on any atom is 0.308 e. The van der Waals surface area contributed by atoms with Gasteiger partial charge in [-0.05, 0) is 40.5 Å². The van der Waals surface area contributed by atoms with Gasteiger partial charge in [0.15, 0.2) is 0 Å². The second-order valence-electron chi connectivity index (χ2n) is 5.51. The number of hydrogen-bond donors (Lipinski definition) is 2. The van der Waals surface area contributed by atoms with Crippen molar-refractivity contribution in [1.82, 2.24) is 10.2 Å². The lowest BCUT2D eigenvalue weighted by Gasteiger charge is -2.36. The van der Waals surface area contributed by atoms with Crippen LogP contribution in [-0.4, -0.2) is 47.2 Å². The molecule has 2 unspecified atom stereocenters. The number of aliphatic carboxylic acids is 1. The molecule has 2 N–H and O–H groups in total. The lowest BCUT2D eigenvalue weighted by Crippen LogP contribution is -2.50. The molecule has 1 rings (SSSR count). The van der Waals surface area contributed by atoms with Gasteiger partial charge in [0.1, 0.15) is 0 Å². The molecule has 17 heavy (non-hydrogen) atoms. The molecular formula is C13H26N2O2. The lowest BCUT2D eigenvalue weighted by molar-refractivity contribution is -0.146. The zero-order valence-electron chi connectivity index (χ0n) is 11.4. The van der Waals surface area contributed by atoms with Gasteiger partial charge in [-0.25, -0.2) is 0 Å². The molecule has 0 spiro atoms.